The minimum Gasteiger partial charge on any atom is -0.481 e. The molecule has 0 atom stereocenters. The highest BCUT2D eigenvalue weighted by Crippen LogP contribution is 2.37. The van der Waals surface area contributed by atoms with Crippen molar-refractivity contribution in [2.75, 3.05) is 0 Å². The summed E-state index contributed by atoms with van der Waals surface area (Å²) in [6, 6.07) is 12.9. The Labute approximate surface area is 125 Å². The Morgan fingerprint density at radius 1 is 1.00 bits per heavy atom. The first kappa shape index (κ1) is 14.1. The van der Waals surface area contributed by atoms with Gasteiger partial charge in [0.05, 0.1) is 0 Å². The summed E-state index contributed by atoms with van der Waals surface area (Å²) in [6.07, 6.45) is 7.43. The van der Waals surface area contributed by atoms with Crippen LogP contribution in [0.25, 0.3) is 10.8 Å². The molecule has 3 rings (SSSR count). The van der Waals surface area contributed by atoms with E-state index in [0.717, 1.165) is 5.56 Å². The van der Waals surface area contributed by atoms with Gasteiger partial charge in [0.25, 0.3) is 0 Å². The summed E-state index contributed by atoms with van der Waals surface area (Å²) in [5.41, 5.74) is 2.62. The molecule has 2 aromatic rings. The van der Waals surface area contributed by atoms with Gasteiger partial charge in [-0.05, 0) is 47.1 Å². The third kappa shape index (κ3) is 3.10. The van der Waals surface area contributed by atoms with E-state index in [1.54, 1.807) is 0 Å². The van der Waals surface area contributed by atoms with Gasteiger partial charge in [-0.3, -0.25) is 4.79 Å². The van der Waals surface area contributed by atoms with E-state index >= 15 is 0 Å². The molecule has 0 aliphatic heterocycles. The number of hydrogen-bond donors (Lipinski definition) is 1. The molecule has 0 saturated heterocycles. The molecule has 1 N–H and O–H groups in total. The minimum absolute atomic E-state index is 0.201. The van der Waals surface area contributed by atoms with E-state index in [9.17, 15) is 4.79 Å². The maximum Gasteiger partial charge on any atom is 0.303 e. The third-order valence-electron chi connectivity index (χ3n) is 4.70. The van der Waals surface area contributed by atoms with Crippen molar-refractivity contribution in [3.05, 3.63) is 47.5 Å². The Morgan fingerprint density at radius 3 is 2.43 bits per heavy atom. The zero-order valence-electron chi connectivity index (χ0n) is 12.3. The largest absolute Gasteiger partial charge is 0.481 e. The van der Waals surface area contributed by atoms with Crippen molar-refractivity contribution in [2.45, 2.75) is 50.9 Å². The number of fused-ring (bicyclic) bond motifs is 1. The van der Waals surface area contributed by atoms with Crippen LogP contribution in [0.4, 0.5) is 0 Å². The summed E-state index contributed by atoms with van der Waals surface area (Å²) in [5, 5.41) is 11.5. The van der Waals surface area contributed by atoms with Crippen LogP contribution in [0, 0.1) is 0 Å². The molecule has 2 aromatic carbocycles. The van der Waals surface area contributed by atoms with Gasteiger partial charge in [-0.2, -0.15) is 0 Å². The topological polar surface area (TPSA) is 37.3 Å². The SMILES string of the molecule is O=C(O)CCc1ccc(C2CCCCC2)c2ccccc12. The summed E-state index contributed by atoms with van der Waals surface area (Å²) in [5.74, 6) is -0.0485. The van der Waals surface area contributed by atoms with E-state index in [1.165, 1.54) is 48.4 Å². The highest BCUT2D eigenvalue weighted by Gasteiger charge is 2.18. The summed E-state index contributed by atoms with van der Waals surface area (Å²) in [4.78, 5) is 10.8. The molecular formula is C19H22O2. The zero-order chi connectivity index (χ0) is 14.7. The van der Waals surface area contributed by atoms with E-state index in [2.05, 4.69) is 36.4 Å². The highest BCUT2D eigenvalue weighted by molar-refractivity contribution is 5.89. The molecule has 2 nitrogen and oxygen atoms in total. The molecule has 0 bridgehead atoms. The summed E-state index contributed by atoms with van der Waals surface area (Å²) < 4.78 is 0. The lowest BCUT2D eigenvalue weighted by Gasteiger charge is -2.24. The molecule has 0 heterocycles. The van der Waals surface area contributed by atoms with Gasteiger partial charge in [-0.25, -0.2) is 0 Å². The summed E-state index contributed by atoms with van der Waals surface area (Å²) in [6.45, 7) is 0. The van der Waals surface area contributed by atoms with Gasteiger partial charge in [0.2, 0.25) is 0 Å². The number of rotatable bonds is 4. The molecule has 0 amide bonds. The first-order valence-electron chi connectivity index (χ1n) is 7.98. The molecule has 0 unspecified atom stereocenters. The molecule has 0 aromatic heterocycles. The first-order valence-corrected chi connectivity index (χ1v) is 7.98. The van der Waals surface area contributed by atoms with Crippen molar-refractivity contribution >= 4 is 16.7 Å². The Morgan fingerprint density at radius 2 is 1.71 bits per heavy atom. The molecule has 2 heteroatoms. The standard InChI is InChI=1S/C19H22O2/c20-19(21)13-11-15-10-12-17(14-6-2-1-3-7-14)18-9-5-4-8-16(15)18/h4-5,8-10,12,14H,1-3,6-7,11,13H2,(H,20,21). The lowest BCUT2D eigenvalue weighted by atomic mass is 9.81. The Kier molecular flexibility index (Phi) is 4.23. The predicted molar refractivity (Wildman–Crippen MR) is 85.7 cm³/mol. The van der Waals surface area contributed by atoms with Gasteiger partial charge < -0.3 is 5.11 Å². The van der Waals surface area contributed by atoms with Crippen molar-refractivity contribution < 1.29 is 9.90 Å². The summed E-state index contributed by atoms with van der Waals surface area (Å²) in [7, 11) is 0. The second-order valence-electron chi connectivity index (χ2n) is 6.09. The predicted octanol–water partition coefficient (Wildman–Crippen LogP) is 4.90. The zero-order valence-corrected chi connectivity index (χ0v) is 12.3. The van der Waals surface area contributed by atoms with Crippen LogP contribution < -0.4 is 0 Å². The summed E-state index contributed by atoms with van der Waals surface area (Å²) >= 11 is 0. The van der Waals surface area contributed by atoms with Gasteiger partial charge in [-0.15, -0.1) is 0 Å². The molecule has 1 fully saturated rings. The fourth-order valence-corrected chi connectivity index (χ4v) is 3.61. The average Bonchev–Trinajstić information content (AvgIpc) is 2.53. The fourth-order valence-electron chi connectivity index (χ4n) is 3.61. The van der Waals surface area contributed by atoms with Crippen LogP contribution in [0.15, 0.2) is 36.4 Å². The minimum atomic E-state index is -0.726. The van der Waals surface area contributed by atoms with Gasteiger partial charge in [-0.1, -0.05) is 55.7 Å². The van der Waals surface area contributed by atoms with Crippen LogP contribution in [0.5, 0.6) is 0 Å². The molecule has 21 heavy (non-hydrogen) atoms. The molecule has 1 saturated carbocycles. The molecule has 1 aliphatic rings. The third-order valence-corrected chi connectivity index (χ3v) is 4.70. The number of aryl methyl sites for hydroxylation is 1. The number of carboxylic acids is 1. The number of carboxylic acid groups (broad SMARTS) is 1. The molecule has 1 aliphatic carbocycles. The molecular weight excluding hydrogens is 260 g/mol. The molecule has 110 valence electrons. The van der Waals surface area contributed by atoms with E-state index < -0.39 is 5.97 Å². The van der Waals surface area contributed by atoms with Gasteiger partial charge in [0.1, 0.15) is 0 Å². The highest BCUT2D eigenvalue weighted by atomic mass is 16.4. The van der Waals surface area contributed by atoms with Crippen LogP contribution in [-0.4, -0.2) is 11.1 Å². The second kappa shape index (κ2) is 6.30. The Hall–Kier alpha value is -1.83. The monoisotopic (exact) mass is 282 g/mol. The van der Waals surface area contributed by atoms with Crippen molar-refractivity contribution in [1.82, 2.24) is 0 Å². The quantitative estimate of drug-likeness (QED) is 0.865. The number of carbonyl (C=O) groups is 1. The van der Waals surface area contributed by atoms with E-state index in [4.69, 9.17) is 5.11 Å². The van der Waals surface area contributed by atoms with Crippen molar-refractivity contribution in [2.24, 2.45) is 0 Å². The maximum absolute atomic E-state index is 10.8. The van der Waals surface area contributed by atoms with Crippen LogP contribution in [-0.2, 0) is 11.2 Å². The first-order chi connectivity index (χ1) is 10.3. The van der Waals surface area contributed by atoms with Crippen molar-refractivity contribution in [1.29, 1.82) is 0 Å². The number of hydrogen-bond acceptors (Lipinski definition) is 1. The fraction of sp³-hybridized carbons (Fsp3) is 0.421. The number of benzene rings is 2. The van der Waals surface area contributed by atoms with Gasteiger partial charge >= 0.3 is 5.97 Å². The van der Waals surface area contributed by atoms with E-state index in [1.807, 2.05) is 0 Å². The lowest BCUT2D eigenvalue weighted by Crippen LogP contribution is -2.06. The van der Waals surface area contributed by atoms with Gasteiger partial charge in [0, 0.05) is 6.42 Å². The van der Waals surface area contributed by atoms with Crippen LogP contribution >= 0.6 is 0 Å². The molecule has 0 radical (unpaired) electrons. The second-order valence-corrected chi connectivity index (χ2v) is 6.09. The van der Waals surface area contributed by atoms with Crippen molar-refractivity contribution in [3.63, 3.8) is 0 Å². The van der Waals surface area contributed by atoms with Crippen LogP contribution in [0.1, 0.15) is 55.6 Å². The van der Waals surface area contributed by atoms with E-state index in [0.29, 0.717) is 12.3 Å². The Balaban J connectivity index is 1.99. The van der Waals surface area contributed by atoms with Crippen LogP contribution in [0.3, 0.4) is 0 Å². The number of aliphatic carboxylic acids is 1. The lowest BCUT2D eigenvalue weighted by molar-refractivity contribution is -0.136. The maximum atomic E-state index is 10.8. The van der Waals surface area contributed by atoms with E-state index in [-0.39, 0.29) is 6.42 Å². The van der Waals surface area contributed by atoms with Crippen LogP contribution in [0.2, 0.25) is 0 Å². The van der Waals surface area contributed by atoms with Crippen molar-refractivity contribution in [3.8, 4) is 0 Å². The normalized spacial score (nSPS) is 16.2. The molecule has 0 spiro atoms. The Bertz CT molecular complexity index is 639. The average molecular weight is 282 g/mol. The smallest absolute Gasteiger partial charge is 0.303 e. The van der Waals surface area contributed by atoms with Gasteiger partial charge in [0.15, 0.2) is 0 Å².